The van der Waals surface area contributed by atoms with Crippen LogP contribution in [0.1, 0.15) is 25.7 Å². The van der Waals surface area contributed by atoms with E-state index in [1.54, 1.807) is 6.20 Å². The first-order valence-electron chi connectivity index (χ1n) is 5.46. The molecular formula is C10H14BrN3O3S. The number of carboxylic acid groups (broad SMARTS) is 1. The normalized spacial score (nSPS) is 10.1. The summed E-state index contributed by atoms with van der Waals surface area (Å²) >= 11 is 4.59. The van der Waals surface area contributed by atoms with Crippen molar-refractivity contribution in [2.45, 2.75) is 25.7 Å². The van der Waals surface area contributed by atoms with Crippen molar-refractivity contribution in [2.24, 2.45) is 0 Å². The van der Waals surface area contributed by atoms with Gasteiger partial charge in [-0.1, -0.05) is 17.8 Å². The van der Waals surface area contributed by atoms with Crippen molar-refractivity contribution in [3.63, 3.8) is 0 Å². The average molecular weight is 336 g/mol. The smallest absolute Gasteiger partial charge is 0.321 e. The molecule has 0 atom stereocenters. The number of amides is 2. The Morgan fingerprint density at radius 2 is 2.17 bits per heavy atom. The molecule has 2 amide bonds. The summed E-state index contributed by atoms with van der Waals surface area (Å²) < 4.78 is 0.853. The van der Waals surface area contributed by atoms with Crippen LogP contribution in [-0.2, 0) is 4.79 Å². The maximum Gasteiger partial charge on any atom is 0.321 e. The zero-order valence-electron chi connectivity index (χ0n) is 9.61. The summed E-state index contributed by atoms with van der Waals surface area (Å²) in [6.07, 6.45) is 3.99. The molecule has 18 heavy (non-hydrogen) atoms. The maximum absolute atomic E-state index is 11.4. The number of unbranched alkanes of at least 4 members (excludes halogenated alkanes) is 2. The van der Waals surface area contributed by atoms with Crippen LogP contribution in [0.4, 0.5) is 9.93 Å². The monoisotopic (exact) mass is 335 g/mol. The quantitative estimate of drug-likeness (QED) is 0.668. The van der Waals surface area contributed by atoms with Gasteiger partial charge in [0.1, 0.15) is 0 Å². The molecule has 0 aromatic carbocycles. The van der Waals surface area contributed by atoms with Gasteiger partial charge >= 0.3 is 12.0 Å². The Balaban J connectivity index is 2.05. The molecule has 1 aromatic rings. The summed E-state index contributed by atoms with van der Waals surface area (Å²) in [6.45, 7) is 0.526. The summed E-state index contributed by atoms with van der Waals surface area (Å²) in [5, 5.41) is 14.3. The van der Waals surface area contributed by atoms with Gasteiger partial charge in [0.2, 0.25) is 0 Å². The topological polar surface area (TPSA) is 91.3 Å². The average Bonchev–Trinajstić information content (AvgIpc) is 2.68. The van der Waals surface area contributed by atoms with Crippen molar-refractivity contribution in [2.75, 3.05) is 11.9 Å². The molecule has 0 bridgehead atoms. The van der Waals surface area contributed by atoms with Gasteiger partial charge in [0.15, 0.2) is 5.13 Å². The maximum atomic E-state index is 11.4. The van der Waals surface area contributed by atoms with Gasteiger partial charge in [-0.15, -0.1) is 0 Å². The Labute approximate surface area is 117 Å². The molecule has 0 spiro atoms. The Bertz CT molecular complexity index is 411. The number of urea groups is 1. The molecule has 0 saturated heterocycles. The number of carbonyl (C=O) groups is 2. The minimum absolute atomic E-state index is 0.180. The molecule has 0 saturated carbocycles. The fourth-order valence-electron chi connectivity index (χ4n) is 1.23. The number of rotatable bonds is 7. The van der Waals surface area contributed by atoms with Crippen molar-refractivity contribution in [3.8, 4) is 0 Å². The highest BCUT2D eigenvalue weighted by Crippen LogP contribution is 2.22. The van der Waals surface area contributed by atoms with Crippen molar-refractivity contribution in [3.05, 3.63) is 9.98 Å². The summed E-state index contributed by atoms with van der Waals surface area (Å²) in [6, 6.07) is -0.296. The van der Waals surface area contributed by atoms with Gasteiger partial charge in [-0.25, -0.2) is 9.78 Å². The number of carbonyl (C=O) groups excluding carboxylic acids is 1. The first-order valence-corrected chi connectivity index (χ1v) is 7.07. The minimum Gasteiger partial charge on any atom is -0.481 e. The zero-order chi connectivity index (χ0) is 13.4. The Hall–Kier alpha value is -1.15. The number of carboxylic acids is 1. The number of thiazole rings is 1. The van der Waals surface area contributed by atoms with Crippen LogP contribution in [0.2, 0.25) is 0 Å². The van der Waals surface area contributed by atoms with Gasteiger partial charge < -0.3 is 10.4 Å². The fraction of sp³-hybridized carbons (Fsp3) is 0.500. The molecular weight excluding hydrogens is 322 g/mol. The van der Waals surface area contributed by atoms with Crippen molar-refractivity contribution >= 4 is 44.4 Å². The number of halogens is 1. The van der Waals surface area contributed by atoms with Gasteiger partial charge in [-0.3, -0.25) is 10.1 Å². The minimum atomic E-state index is -0.782. The van der Waals surface area contributed by atoms with E-state index in [0.29, 0.717) is 18.1 Å². The predicted octanol–water partition coefficient (Wildman–Crippen LogP) is 2.67. The van der Waals surface area contributed by atoms with E-state index in [0.717, 1.165) is 16.6 Å². The van der Waals surface area contributed by atoms with Crippen LogP contribution in [-0.4, -0.2) is 28.6 Å². The molecule has 100 valence electrons. The van der Waals surface area contributed by atoms with E-state index in [1.165, 1.54) is 11.3 Å². The Kier molecular flexibility index (Phi) is 6.66. The van der Waals surface area contributed by atoms with E-state index in [2.05, 4.69) is 31.5 Å². The van der Waals surface area contributed by atoms with E-state index < -0.39 is 5.97 Å². The largest absolute Gasteiger partial charge is 0.481 e. The highest BCUT2D eigenvalue weighted by Gasteiger charge is 2.04. The molecule has 0 unspecified atom stereocenters. The standard InChI is InChI=1S/C10H14BrN3O3S/c11-7-6-13-10(18-7)14-9(17)12-5-3-1-2-4-8(15)16/h6H,1-5H2,(H,15,16)(H2,12,13,14,17). The van der Waals surface area contributed by atoms with E-state index in [-0.39, 0.29) is 12.5 Å². The van der Waals surface area contributed by atoms with Crippen LogP contribution in [0, 0.1) is 0 Å². The summed E-state index contributed by atoms with van der Waals surface area (Å²) in [5.74, 6) is -0.782. The zero-order valence-corrected chi connectivity index (χ0v) is 12.0. The van der Waals surface area contributed by atoms with Crippen LogP contribution < -0.4 is 10.6 Å². The van der Waals surface area contributed by atoms with Crippen molar-refractivity contribution < 1.29 is 14.7 Å². The number of aromatic nitrogens is 1. The second-order valence-corrected chi connectivity index (χ2v) is 5.96. The van der Waals surface area contributed by atoms with E-state index in [4.69, 9.17) is 5.11 Å². The first-order chi connectivity index (χ1) is 8.58. The van der Waals surface area contributed by atoms with Crippen LogP contribution in [0.25, 0.3) is 0 Å². The molecule has 6 nitrogen and oxygen atoms in total. The fourth-order valence-corrected chi connectivity index (χ4v) is 2.34. The third kappa shape index (κ3) is 6.55. The first kappa shape index (κ1) is 14.9. The Morgan fingerprint density at radius 1 is 1.39 bits per heavy atom. The van der Waals surface area contributed by atoms with Gasteiger partial charge in [-0.05, 0) is 28.8 Å². The highest BCUT2D eigenvalue weighted by molar-refractivity contribution is 9.11. The third-order valence-corrected chi connectivity index (χ3v) is 3.44. The van der Waals surface area contributed by atoms with E-state index in [9.17, 15) is 9.59 Å². The van der Waals surface area contributed by atoms with Crippen LogP contribution in [0.5, 0.6) is 0 Å². The lowest BCUT2D eigenvalue weighted by molar-refractivity contribution is -0.137. The SMILES string of the molecule is O=C(O)CCCCCNC(=O)Nc1ncc(Br)s1. The van der Waals surface area contributed by atoms with Gasteiger partial charge in [0.25, 0.3) is 0 Å². The molecule has 1 aromatic heterocycles. The van der Waals surface area contributed by atoms with Crippen molar-refractivity contribution in [1.29, 1.82) is 0 Å². The van der Waals surface area contributed by atoms with Gasteiger partial charge in [0.05, 0.1) is 9.98 Å². The lowest BCUT2D eigenvalue weighted by atomic mass is 10.2. The summed E-state index contributed by atoms with van der Waals surface area (Å²) in [4.78, 5) is 25.6. The predicted molar refractivity (Wildman–Crippen MR) is 72.9 cm³/mol. The molecule has 1 heterocycles. The third-order valence-electron chi connectivity index (χ3n) is 2.05. The Morgan fingerprint density at radius 3 is 2.78 bits per heavy atom. The molecule has 0 fully saturated rings. The number of nitrogens with zero attached hydrogens (tertiary/aromatic N) is 1. The molecule has 1 rings (SSSR count). The van der Waals surface area contributed by atoms with Crippen LogP contribution >= 0.6 is 27.3 Å². The second kappa shape index (κ2) is 8.04. The summed E-state index contributed by atoms with van der Waals surface area (Å²) in [5.41, 5.74) is 0. The molecule has 0 aliphatic rings. The highest BCUT2D eigenvalue weighted by atomic mass is 79.9. The molecule has 8 heteroatoms. The number of aliphatic carboxylic acids is 1. The summed E-state index contributed by atoms with van der Waals surface area (Å²) in [7, 11) is 0. The van der Waals surface area contributed by atoms with Crippen molar-refractivity contribution in [1.82, 2.24) is 10.3 Å². The molecule has 0 radical (unpaired) electrons. The molecule has 0 aliphatic heterocycles. The lowest BCUT2D eigenvalue weighted by Gasteiger charge is -2.04. The van der Waals surface area contributed by atoms with E-state index >= 15 is 0 Å². The van der Waals surface area contributed by atoms with Crippen LogP contribution in [0.15, 0.2) is 9.98 Å². The number of hydrogen-bond donors (Lipinski definition) is 3. The lowest BCUT2D eigenvalue weighted by Crippen LogP contribution is -2.29. The molecule has 0 aliphatic carbocycles. The van der Waals surface area contributed by atoms with Gasteiger partial charge in [-0.2, -0.15) is 0 Å². The number of hydrogen-bond acceptors (Lipinski definition) is 4. The number of nitrogens with one attached hydrogen (secondary N) is 2. The number of anilines is 1. The van der Waals surface area contributed by atoms with Gasteiger partial charge in [0, 0.05) is 13.0 Å². The molecule has 3 N–H and O–H groups in total. The van der Waals surface area contributed by atoms with Crippen LogP contribution in [0.3, 0.4) is 0 Å². The van der Waals surface area contributed by atoms with E-state index in [1.807, 2.05) is 0 Å². The second-order valence-electron chi connectivity index (χ2n) is 3.55.